The number of hydrogen-bond acceptors (Lipinski definition) is 8. The molecule has 1 aliphatic rings. The SMILES string of the molecule is CCC(C)Nc1c(C=N)nc(N2CCNCC2)nc1N[C@H](C)c1cnc2ccccc2c1. The molecule has 4 rings (SSSR count). The van der Waals surface area contributed by atoms with Gasteiger partial charge in [0.25, 0.3) is 0 Å². The van der Waals surface area contributed by atoms with Gasteiger partial charge in [-0.15, -0.1) is 0 Å². The third-order valence-electron chi connectivity index (χ3n) is 5.93. The highest BCUT2D eigenvalue weighted by Crippen LogP contribution is 2.30. The van der Waals surface area contributed by atoms with E-state index in [0.717, 1.165) is 54.8 Å². The summed E-state index contributed by atoms with van der Waals surface area (Å²) in [6.07, 6.45) is 4.18. The van der Waals surface area contributed by atoms with E-state index in [1.165, 1.54) is 6.21 Å². The largest absolute Gasteiger partial charge is 0.378 e. The Hall–Kier alpha value is -3.26. The zero-order valence-electron chi connectivity index (χ0n) is 19.0. The zero-order valence-corrected chi connectivity index (χ0v) is 19.0. The summed E-state index contributed by atoms with van der Waals surface area (Å²) in [6.45, 7) is 9.86. The fourth-order valence-electron chi connectivity index (χ4n) is 3.79. The quantitative estimate of drug-likeness (QED) is 0.401. The second kappa shape index (κ2) is 9.91. The second-order valence-corrected chi connectivity index (χ2v) is 8.29. The van der Waals surface area contributed by atoms with Crippen molar-refractivity contribution >= 4 is 34.6 Å². The zero-order chi connectivity index (χ0) is 22.5. The molecular formula is C24H32N8. The lowest BCUT2D eigenvalue weighted by Gasteiger charge is -2.29. The van der Waals surface area contributed by atoms with Crippen molar-refractivity contribution in [3.63, 3.8) is 0 Å². The van der Waals surface area contributed by atoms with Gasteiger partial charge in [-0.2, -0.15) is 4.98 Å². The summed E-state index contributed by atoms with van der Waals surface area (Å²) in [5, 5.41) is 19.6. The molecule has 0 radical (unpaired) electrons. The van der Waals surface area contributed by atoms with Crippen LogP contribution in [0, 0.1) is 5.41 Å². The summed E-state index contributed by atoms with van der Waals surface area (Å²) in [6, 6.07) is 10.5. The van der Waals surface area contributed by atoms with Crippen LogP contribution in [-0.4, -0.2) is 53.4 Å². The molecule has 0 spiro atoms. The molecule has 4 N–H and O–H groups in total. The second-order valence-electron chi connectivity index (χ2n) is 8.29. The van der Waals surface area contributed by atoms with Crippen LogP contribution < -0.4 is 20.9 Å². The molecule has 1 aliphatic heterocycles. The lowest BCUT2D eigenvalue weighted by atomic mass is 10.1. The minimum absolute atomic E-state index is 0.0195. The van der Waals surface area contributed by atoms with Crippen LogP contribution in [0.2, 0.25) is 0 Å². The third-order valence-corrected chi connectivity index (χ3v) is 5.93. The maximum atomic E-state index is 8.01. The van der Waals surface area contributed by atoms with E-state index >= 15 is 0 Å². The van der Waals surface area contributed by atoms with E-state index in [1.54, 1.807) is 0 Å². The molecule has 8 heteroatoms. The topological polar surface area (TPSA) is 102 Å². The van der Waals surface area contributed by atoms with Gasteiger partial charge in [-0.1, -0.05) is 25.1 Å². The minimum atomic E-state index is -0.0195. The maximum Gasteiger partial charge on any atom is 0.228 e. The Balaban J connectivity index is 1.70. The molecule has 3 heterocycles. The Kier molecular flexibility index (Phi) is 6.80. The van der Waals surface area contributed by atoms with Gasteiger partial charge in [0, 0.05) is 50.0 Å². The first kappa shape index (κ1) is 22.0. The monoisotopic (exact) mass is 432 g/mol. The maximum absolute atomic E-state index is 8.01. The summed E-state index contributed by atoms with van der Waals surface area (Å²) in [4.78, 5) is 16.4. The summed E-state index contributed by atoms with van der Waals surface area (Å²) in [7, 11) is 0. The van der Waals surface area contributed by atoms with Gasteiger partial charge < -0.3 is 26.3 Å². The third kappa shape index (κ3) is 4.80. The van der Waals surface area contributed by atoms with Crippen molar-refractivity contribution in [3.05, 3.63) is 47.8 Å². The molecule has 2 aromatic heterocycles. The highest BCUT2D eigenvalue weighted by Gasteiger charge is 2.21. The van der Waals surface area contributed by atoms with E-state index in [2.05, 4.69) is 58.7 Å². The van der Waals surface area contributed by atoms with Crippen LogP contribution in [0.4, 0.5) is 17.5 Å². The number of fused-ring (bicyclic) bond motifs is 1. The number of hydrogen-bond donors (Lipinski definition) is 4. The normalized spacial score (nSPS) is 15.9. The molecule has 1 unspecified atom stereocenters. The number of pyridine rings is 1. The molecular weight excluding hydrogens is 400 g/mol. The van der Waals surface area contributed by atoms with Crippen molar-refractivity contribution in [2.75, 3.05) is 41.7 Å². The Labute approximate surface area is 189 Å². The lowest BCUT2D eigenvalue weighted by molar-refractivity contribution is 0.579. The number of nitrogens with one attached hydrogen (secondary N) is 4. The summed E-state index contributed by atoms with van der Waals surface area (Å²) in [5.41, 5.74) is 3.43. The Bertz CT molecular complexity index is 1080. The molecule has 1 saturated heterocycles. The van der Waals surface area contributed by atoms with E-state index in [1.807, 2.05) is 24.4 Å². The number of para-hydroxylation sites is 1. The summed E-state index contributed by atoms with van der Waals surface area (Å²) < 4.78 is 0. The minimum Gasteiger partial charge on any atom is -0.378 e. The van der Waals surface area contributed by atoms with Gasteiger partial charge >= 0.3 is 0 Å². The number of benzene rings is 1. The van der Waals surface area contributed by atoms with Crippen molar-refractivity contribution in [2.45, 2.75) is 39.3 Å². The Morgan fingerprint density at radius 3 is 2.69 bits per heavy atom. The van der Waals surface area contributed by atoms with Crippen molar-refractivity contribution in [1.82, 2.24) is 20.3 Å². The van der Waals surface area contributed by atoms with Gasteiger partial charge in [0.1, 0.15) is 11.4 Å². The molecule has 8 nitrogen and oxygen atoms in total. The molecule has 0 bridgehead atoms. The van der Waals surface area contributed by atoms with Crippen LogP contribution in [0.3, 0.4) is 0 Å². The fourth-order valence-corrected chi connectivity index (χ4v) is 3.79. The van der Waals surface area contributed by atoms with E-state index in [-0.39, 0.29) is 12.1 Å². The summed E-state index contributed by atoms with van der Waals surface area (Å²) in [5.74, 6) is 1.37. The fraction of sp³-hybridized carbons (Fsp3) is 0.417. The number of rotatable bonds is 8. The van der Waals surface area contributed by atoms with Gasteiger partial charge in [0.15, 0.2) is 5.82 Å². The molecule has 0 amide bonds. The van der Waals surface area contributed by atoms with E-state index in [9.17, 15) is 0 Å². The van der Waals surface area contributed by atoms with E-state index in [4.69, 9.17) is 15.4 Å². The first-order valence-corrected chi connectivity index (χ1v) is 11.3. The number of anilines is 3. The van der Waals surface area contributed by atoms with E-state index in [0.29, 0.717) is 17.5 Å². The van der Waals surface area contributed by atoms with Crippen LogP contribution in [0.1, 0.15) is 44.5 Å². The van der Waals surface area contributed by atoms with Crippen molar-refractivity contribution in [1.29, 1.82) is 5.41 Å². The average Bonchev–Trinajstić information content (AvgIpc) is 2.84. The standard InChI is InChI=1S/C24H32N8/c1-4-16(2)28-22-21(14-25)30-24(32-11-9-26-10-12-32)31-23(22)29-17(3)19-13-18-7-5-6-8-20(18)27-15-19/h5-8,13-17,25-26,28H,4,9-12H2,1-3H3,(H,29,30,31)/t16?,17-/m1/s1. The van der Waals surface area contributed by atoms with Crippen molar-refractivity contribution in [3.8, 4) is 0 Å². The lowest BCUT2D eigenvalue weighted by Crippen LogP contribution is -2.44. The Morgan fingerprint density at radius 1 is 1.16 bits per heavy atom. The van der Waals surface area contributed by atoms with Gasteiger partial charge in [0.2, 0.25) is 5.95 Å². The molecule has 2 atom stereocenters. The molecule has 0 saturated carbocycles. The average molecular weight is 433 g/mol. The van der Waals surface area contributed by atoms with Gasteiger partial charge in [0.05, 0.1) is 11.6 Å². The molecule has 3 aromatic rings. The first-order valence-electron chi connectivity index (χ1n) is 11.3. The molecule has 32 heavy (non-hydrogen) atoms. The molecule has 1 fully saturated rings. The number of piperazine rings is 1. The first-order chi connectivity index (χ1) is 15.6. The predicted molar refractivity (Wildman–Crippen MR) is 132 cm³/mol. The predicted octanol–water partition coefficient (Wildman–Crippen LogP) is 3.82. The highest BCUT2D eigenvalue weighted by atomic mass is 15.3. The van der Waals surface area contributed by atoms with Crippen LogP contribution >= 0.6 is 0 Å². The highest BCUT2D eigenvalue weighted by molar-refractivity contribution is 5.89. The van der Waals surface area contributed by atoms with Crippen LogP contribution in [-0.2, 0) is 0 Å². The van der Waals surface area contributed by atoms with E-state index < -0.39 is 0 Å². The van der Waals surface area contributed by atoms with Gasteiger partial charge in [-0.25, -0.2) is 4.98 Å². The Morgan fingerprint density at radius 2 is 1.94 bits per heavy atom. The van der Waals surface area contributed by atoms with Gasteiger partial charge in [-0.05, 0) is 38.0 Å². The smallest absolute Gasteiger partial charge is 0.228 e. The molecule has 1 aromatic carbocycles. The number of nitrogens with zero attached hydrogens (tertiary/aromatic N) is 4. The van der Waals surface area contributed by atoms with Crippen LogP contribution in [0.5, 0.6) is 0 Å². The number of aromatic nitrogens is 3. The summed E-state index contributed by atoms with van der Waals surface area (Å²) >= 11 is 0. The van der Waals surface area contributed by atoms with Gasteiger partial charge in [-0.3, -0.25) is 4.98 Å². The molecule has 0 aliphatic carbocycles. The van der Waals surface area contributed by atoms with Crippen LogP contribution in [0.25, 0.3) is 10.9 Å². The van der Waals surface area contributed by atoms with Crippen molar-refractivity contribution < 1.29 is 0 Å². The van der Waals surface area contributed by atoms with Crippen LogP contribution in [0.15, 0.2) is 36.5 Å². The van der Waals surface area contributed by atoms with Crippen molar-refractivity contribution in [2.24, 2.45) is 0 Å². The molecule has 168 valence electrons.